The lowest BCUT2D eigenvalue weighted by molar-refractivity contribution is -0.137. The lowest BCUT2D eigenvalue weighted by atomic mass is 9.88. The molecule has 28 heteroatoms. The Morgan fingerprint density at radius 2 is 1.05 bits per heavy atom. The summed E-state index contributed by atoms with van der Waals surface area (Å²) in [4.78, 5) is 182. The molecule has 9 amide bonds. The van der Waals surface area contributed by atoms with E-state index in [0.29, 0.717) is 44.2 Å². The maximum Gasteiger partial charge on any atom is 0.243 e. The average Bonchev–Trinajstić information content (AvgIpc) is 1.17. The van der Waals surface area contributed by atoms with Crippen LogP contribution in [0.5, 0.6) is 0 Å². The molecular formula is C71H121N13O15. The third-order valence-corrected chi connectivity index (χ3v) is 17.7. The fourth-order valence-corrected chi connectivity index (χ4v) is 11.7. The molecule has 1 saturated heterocycles. The Labute approximate surface area is 585 Å². The summed E-state index contributed by atoms with van der Waals surface area (Å²) in [6, 6.07) is 0.896. The van der Waals surface area contributed by atoms with E-state index in [4.69, 9.17) is 22.9 Å². The number of nitrogens with two attached hydrogens (primary N) is 4. The van der Waals surface area contributed by atoms with Crippen LogP contribution in [-0.2, 0) is 68.7 Å². The fraction of sp³-hybridized carbons (Fsp3) is 0.732. The molecule has 1 aliphatic heterocycles. The van der Waals surface area contributed by atoms with Crippen molar-refractivity contribution < 1.29 is 72.5 Å². The highest BCUT2D eigenvalue weighted by atomic mass is 16.3. The van der Waals surface area contributed by atoms with E-state index in [-0.39, 0.29) is 121 Å². The van der Waals surface area contributed by atoms with Gasteiger partial charge in [-0.2, -0.15) is 0 Å². The van der Waals surface area contributed by atoms with Crippen molar-refractivity contribution in [1.82, 2.24) is 47.9 Å². The van der Waals surface area contributed by atoms with Gasteiger partial charge in [0.25, 0.3) is 0 Å². The zero-order valence-electron chi connectivity index (χ0n) is 59.7. The molecule has 12 atom stereocenters. The Morgan fingerprint density at radius 1 is 0.535 bits per heavy atom. The summed E-state index contributed by atoms with van der Waals surface area (Å²) in [5.41, 5.74) is 24.6. The van der Waals surface area contributed by atoms with Crippen LogP contribution in [0.15, 0.2) is 30.3 Å². The number of aliphatic hydroxyl groups is 2. The zero-order valence-corrected chi connectivity index (χ0v) is 59.7. The minimum atomic E-state index is -1.49. The number of hydrogen-bond donors (Lipinski definition) is 15. The lowest BCUT2D eigenvalue weighted by Crippen LogP contribution is -2.57. The number of Topliss-reactive ketones (excluding diaryl/α,β-unsaturated/α-hetero) is 4. The van der Waals surface area contributed by atoms with Crippen LogP contribution in [0, 0.1) is 29.6 Å². The standard InChI is InChI=1S/C71H121N13O15/c1-7-9-11-12-13-18-25-65(93)79-56(31-38-77-64(92)24-19-15-20-36-76-63(91)23-10-8-2)62(90)44-52(47(6)86)69(97)81-54(27-33-73)59(87)41-49-30-37-78-68(96)51(46(5)85)43-61(89)55(28-34-74)82-70(98)57(29-35-75)83-71(99)58(39-45(3)4)84-67(95)50(40-48-21-16-14-17-22-48)42-60(88)53(26-32-72)80-66(49)94/h14,16-17,21-22,45-47,49-58,85-86H,7-13,15,18-20,23-44,72-75H2,1-6H3,(H,76,91)(H,77,92)(H,78,96)(H,79,93)(H,80,94)(H,81,97)(H,82,98)(H,83,99)(H,84,95)/t46-,47-,49-,50+,51+,52+,53+,54+,55+,56+,57+,58+/m1/s1. The van der Waals surface area contributed by atoms with Gasteiger partial charge in [0, 0.05) is 76.4 Å². The van der Waals surface area contributed by atoms with Crippen molar-refractivity contribution in [3.8, 4) is 0 Å². The normalized spacial score (nSPS) is 21.1. The van der Waals surface area contributed by atoms with Gasteiger partial charge in [-0.05, 0) is 129 Å². The Kier molecular flexibility index (Phi) is 44.7. The smallest absolute Gasteiger partial charge is 0.243 e. The van der Waals surface area contributed by atoms with Gasteiger partial charge in [-0.3, -0.25) is 62.3 Å². The Morgan fingerprint density at radius 3 is 1.65 bits per heavy atom. The fourth-order valence-electron chi connectivity index (χ4n) is 11.7. The van der Waals surface area contributed by atoms with Crippen molar-refractivity contribution in [3.63, 3.8) is 0 Å². The van der Waals surface area contributed by atoms with Crippen molar-refractivity contribution in [3.05, 3.63) is 35.9 Å². The van der Waals surface area contributed by atoms with Crippen molar-refractivity contribution in [1.29, 1.82) is 0 Å². The molecule has 2 rings (SSSR count). The van der Waals surface area contributed by atoms with Crippen LogP contribution in [-0.4, -0.2) is 181 Å². The predicted molar refractivity (Wildman–Crippen MR) is 376 cm³/mol. The highest BCUT2D eigenvalue weighted by molar-refractivity contribution is 5.99. The van der Waals surface area contributed by atoms with Crippen LogP contribution < -0.4 is 70.8 Å². The second-order valence-corrected chi connectivity index (χ2v) is 26.8. The maximum absolute atomic E-state index is 14.8. The first-order valence-corrected chi connectivity index (χ1v) is 36.2. The molecule has 0 aromatic heterocycles. The largest absolute Gasteiger partial charge is 0.393 e. The van der Waals surface area contributed by atoms with Crippen LogP contribution in [0.1, 0.15) is 208 Å². The van der Waals surface area contributed by atoms with Gasteiger partial charge in [-0.1, -0.05) is 103 Å². The van der Waals surface area contributed by atoms with Gasteiger partial charge < -0.3 is 81.0 Å². The van der Waals surface area contributed by atoms with E-state index < -0.39 is 162 Å². The van der Waals surface area contributed by atoms with Crippen molar-refractivity contribution in [2.45, 2.75) is 257 Å². The van der Waals surface area contributed by atoms with Gasteiger partial charge in [0.15, 0.2) is 23.1 Å². The molecule has 1 fully saturated rings. The number of benzene rings is 1. The molecule has 560 valence electrons. The van der Waals surface area contributed by atoms with Crippen LogP contribution in [0.3, 0.4) is 0 Å². The SMILES string of the molecule is CCCCCCCCC(=O)N[C@@H](CCNC(=O)CCCCCNC(=O)CCCC)C(=O)C[C@H](C(=O)N[C@@H](CCN)C(=O)C[C@H]1CCNC(=O)[C@H]([C@@H](C)O)CC(=O)[C@H](CCN)NC(=O)[C@H](CCN)NC(=O)[C@H](CC(C)C)NC(=O)[C@@H](Cc2ccccc2)CC(=O)[C@H](CCN)NC1=O)[C@@H](C)O. The van der Waals surface area contributed by atoms with E-state index in [1.165, 1.54) is 13.8 Å². The number of rotatable bonds is 42. The lowest BCUT2D eigenvalue weighted by Gasteiger charge is -2.28. The van der Waals surface area contributed by atoms with E-state index in [1.54, 1.807) is 30.3 Å². The van der Waals surface area contributed by atoms with E-state index in [9.17, 15) is 72.5 Å². The molecular weight excluding hydrogens is 1270 g/mol. The van der Waals surface area contributed by atoms with Gasteiger partial charge >= 0.3 is 0 Å². The van der Waals surface area contributed by atoms with Crippen LogP contribution in [0.4, 0.5) is 0 Å². The van der Waals surface area contributed by atoms with Crippen LogP contribution >= 0.6 is 0 Å². The highest BCUT2D eigenvalue weighted by Crippen LogP contribution is 2.22. The number of hydrogen-bond acceptors (Lipinski definition) is 19. The average molecular weight is 1400 g/mol. The summed E-state index contributed by atoms with van der Waals surface area (Å²) in [7, 11) is 0. The minimum absolute atomic E-state index is 0.00346. The van der Waals surface area contributed by atoms with Gasteiger partial charge in [0.05, 0.1) is 48.2 Å². The number of carbonyl (C=O) groups excluding carboxylic acids is 13. The van der Waals surface area contributed by atoms with Gasteiger partial charge in [0.2, 0.25) is 53.2 Å². The Hall–Kier alpha value is -7.11. The van der Waals surface area contributed by atoms with E-state index in [1.807, 2.05) is 20.8 Å². The predicted octanol–water partition coefficient (Wildman–Crippen LogP) is 1.29. The number of unbranched alkanes of at least 4 members (excludes halogenated alkanes) is 8. The summed E-state index contributed by atoms with van der Waals surface area (Å²) in [6.07, 6.45) is 3.66. The molecule has 1 heterocycles. The summed E-state index contributed by atoms with van der Waals surface area (Å²) < 4.78 is 0. The van der Waals surface area contributed by atoms with Crippen molar-refractivity contribution >= 4 is 76.3 Å². The quantitative estimate of drug-likeness (QED) is 0.0410. The highest BCUT2D eigenvalue weighted by Gasteiger charge is 2.38. The topological polar surface area (TPSA) is 475 Å². The molecule has 0 spiro atoms. The number of amides is 9. The van der Waals surface area contributed by atoms with Crippen molar-refractivity contribution in [2.75, 3.05) is 45.8 Å². The molecule has 19 N–H and O–H groups in total. The maximum atomic E-state index is 14.8. The molecule has 1 aromatic rings. The Balaban J connectivity index is 2.61. The number of nitrogens with one attached hydrogen (secondary N) is 9. The molecule has 1 aliphatic rings. The molecule has 0 radical (unpaired) electrons. The van der Waals surface area contributed by atoms with E-state index in [0.717, 1.165) is 44.9 Å². The first-order valence-electron chi connectivity index (χ1n) is 36.2. The second kappa shape index (κ2) is 50.3. The molecule has 0 aliphatic carbocycles. The second-order valence-electron chi connectivity index (χ2n) is 26.8. The molecule has 28 nitrogen and oxygen atoms in total. The van der Waals surface area contributed by atoms with Gasteiger partial charge in [0.1, 0.15) is 12.1 Å². The summed E-state index contributed by atoms with van der Waals surface area (Å²) >= 11 is 0. The zero-order chi connectivity index (χ0) is 73.8. The van der Waals surface area contributed by atoms with E-state index >= 15 is 0 Å². The third kappa shape index (κ3) is 35.7. The number of aliphatic hydroxyl groups excluding tert-OH is 2. The molecule has 99 heavy (non-hydrogen) atoms. The summed E-state index contributed by atoms with van der Waals surface area (Å²) in [5.74, 6) is -14.0. The Bertz CT molecular complexity index is 2680. The summed E-state index contributed by atoms with van der Waals surface area (Å²) in [5, 5.41) is 46.6. The molecule has 0 unspecified atom stereocenters. The molecule has 0 saturated carbocycles. The van der Waals surface area contributed by atoms with Crippen molar-refractivity contribution in [2.24, 2.45) is 52.5 Å². The van der Waals surface area contributed by atoms with Gasteiger partial charge in [-0.15, -0.1) is 0 Å². The van der Waals surface area contributed by atoms with Crippen LogP contribution in [0.25, 0.3) is 0 Å². The first-order chi connectivity index (χ1) is 47.2. The number of carbonyl (C=O) groups is 13. The molecule has 1 aromatic carbocycles. The van der Waals surface area contributed by atoms with Gasteiger partial charge in [-0.25, -0.2) is 0 Å². The summed E-state index contributed by atoms with van der Waals surface area (Å²) in [6.45, 7) is 9.89. The third-order valence-electron chi connectivity index (χ3n) is 17.7. The minimum Gasteiger partial charge on any atom is -0.393 e. The van der Waals surface area contributed by atoms with E-state index in [2.05, 4.69) is 54.8 Å². The molecule has 0 bridgehead atoms. The van der Waals surface area contributed by atoms with Crippen LogP contribution in [0.2, 0.25) is 0 Å². The number of ketones is 4. The first kappa shape index (κ1) is 88.0. The monoisotopic (exact) mass is 1400 g/mol.